The molecule has 18 heavy (non-hydrogen) atoms. The van der Waals surface area contributed by atoms with Gasteiger partial charge in [0.1, 0.15) is 5.82 Å². The number of aromatic nitrogens is 2. The van der Waals surface area contributed by atoms with Gasteiger partial charge in [0.15, 0.2) is 0 Å². The normalized spacial score (nSPS) is 10.3. The molecule has 0 radical (unpaired) electrons. The van der Waals surface area contributed by atoms with Gasteiger partial charge in [-0.15, -0.1) is 0 Å². The van der Waals surface area contributed by atoms with Gasteiger partial charge < -0.3 is 4.74 Å². The number of hydrogen-bond acceptors (Lipinski definition) is 3. The maximum Gasteiger partial charge on any atom is 0.232 e. The molecule has 0 aliphatic heterocycles. The van der Waals surface area contributed by atoms with Crippen LogP contribution in [0.25, 0.3) is 11.3 Å². The average Bonchev–Trinajstić information content (AvgIpc) is 2.41. The van der Waals surface area contributed by atoms with Crippen molar-refractivity contribution >= 4 is 0 Å². The van der Waals surface area contributed by atoms with Gasteiger partial charge in [-0.2, -0.15) is 0 Å². The molecule has 3 nitrogen and oxygen atoms in total. The summed E-state index contributed by atoms with van der Waals surface area (Å²) in [5.74, 6) is 0.264. The lowest BCUT2D eigenvalue weighted by molar-refractivity contribution is 0.296. The van der Waals surface area contributed by atoms with Gasteiger partial charge in [-0.1, -0.05) is 13.3 Å². The van der Waals surface area contributed by atoms with E-state index in [4.69, 9.17) is 4.74 Å². The fourth-order valence-corrected chi connectivity index (χ4v) is 1.48. The first-order chi connectivity index (χ1) is 8.79. The highest BCUT2D eigenvalue weighted by molar-refractivity contribution is 5.57. The Morgan fingerprint density at radius 1 is 1.11 bits per heavy atom. The van der Waals surface area contributed by atoms with Crippen molar-refractivity contribution in [3.63, 3.8) is 0 Å². The maximum atomic E-state index is 12.8. The van der Waals surface area contributed by atoms with Crippen molar-refractivity contribution in [2.24, 2.45) is 0 Å². The summed E-state index contributed by atoms with van der Waals surface area (Å²) in [6.45, 7) is 2.76. The van der Waals surface area contributed by atoms with Gasteiger partial charge in [0.05, 0.1) is 24.7 Å². The standard InChI is InChI=1S/C14H15FN2O/c1-2-3-8-18-14-10-16-13(9-17-14)11-4-6-12(15)7-5-11/h4-7,9-10H,2-3,8H2,1H3. The monoisotopic (exact) mass is 246 g/mol. The lowest BCUT2D eigenvalue weighted by Gasteiger charge is -2.04. The number of halogens is 1. The van der Waals surface area contributed by atoms with E-state index >= 15 is 0 Å². The quantitative estimate of drug-likeness (QED) is 0.758. The summed E-state index contributed by atoms with van der Waals surface area (Å²) in [5.41, 5.74) is 1.54. The van der Waals surface area contributed by atoms with Crippen LogP contribution in [-0.2, 0) is 0 Å². The van der Waals surface area contributed by atoms with Gasteiger partial charge in [0, 0.05) is 5.56 Å². The Kier molecular flexibility index (Phi) is 4.23. The van der Waals surface area contributed by atoms with Crippen LogP contribution in [0.15, 0.2) is 36.7 Å². The number of nitrogens with zero attached hydrogens (tertiary/aromatic N) is 2. The van der Waals surface area contributed by atoms with E-state index in [2.05, 4.69) is 16.9 Å². The molecule has 94 valence electrons. The lowest BCUT2D eigenvalue weighted by atomic mass is 10.2. The zero-order chi connectivity index (χ0) is 12.8. The van der Waals surface area contributed by atoms with E-state index in [0.29, 0.717) is 18.2 Å². The van der Waals surface area contributed by atoms with Gasteiger partial charge >= 0.3 is 0 Å². The summed E-state index contributed by atoms with van der Waals surface area (Å²) >= 11 is 0. The summed E-state index contributed by atoms with van der Waals surface area (Å²) in [6.07, 6.45) is 5.31. The van der Waals surface area contributed by atoms with Crippen molar-refractivity contribution in [1.82, 2.24) is 9.97 Å². The Bertz CT molecular complexity index is 482. The van der Waals surface area contributed by atoms with E-state index in [0.717, 1.165) is 18.4 Å². The molecule has 1 aromatic carbocycles. The third-order valence-electron chi connectivity index (χ3n) is 2.52. The summed E-state index contributed by atoms with van der Waals surface area (Å²) in [6, 6.07) is 6.17. The molecule has 0 atom stereocenters. The third-order valence-corrected chi connectivity index (χ3v) is 2.52. The molecule has 0 saturated heterocycles. The van der Waals surface area contributed by atoms with Crippen LogP contribution < -0.4 is 4.74 Å². The van der Waals surface area contributed by atoms with E-state index in [1.165, 1.54) is 12.1 Å². The zero-order valence-corrected chi connectivity index (χ0v) is 10.3. The minimum absolute atomic E-state index is 0.258. The molecule has 2 aromatic rings. The molecular weight excluding hydrogens is 231 g/mol. The molecule has 0 spiro atoms. The predicted molar refractivity (Wildman–Crippen MR) is 67.8 cm³/mol. The molecule has 0 saturated carbocycles. The van der Waals surface area contributed by atoms with Crippen LogP contribution in [0.5, 0.6) is 5.88 Å². The topological polar surface area (TPSA) is 35.0 Å². The number of benzene rings is 1. The first-order valence-corrected chi connectivity index (χ1v) is 6.00. The molecule has 4 heteroatoms. The molecule has 0 unspecified atom stereocenters. The zero-order valence-electron chi connectivity index (χ0n) is 10.3. The van der Waals surface area contributed by atoms with Crippen LogP contribution in [0.1, 0.15) is 19.8 Å². The highest BCUT2D eigenvalue weighted by Crippen LogP contribution is 2.17. The molecule has 0 N–H and O–H groups in total. The second-order valence-corrected chi connectivity index (χ2v) is 3.95. The Hall–Kier alpha value is -1.97. The molecule has 2 rings (SSSR count). The first kappa shape index (κ1) is 12.5. The Balaban J connectivity index is 2.05. The second-order valence-electron chi connectivity index (χ2n) is 3.95. The van der Waals surface area contributed by atoms with Gasteiger partial charge in [0.2, 0.25) is 5.88 Å². The van der Waals surface area contributed by atoms with Crippen molar-refractivity contribution in [2.75, 3.05) is 6.61 Å². The molecule has 0 amide bonds. The van der Waals surface area contributed by atoms with Crippen molar-refractivity contribution in [2.45, 2.75) is 19.8 Å². The van der Waals surface area contributed by atoms with E-state index in [9.17, 15) is 4.39 Å². The number of ether oxygens (including phenoxy) is 1. The SMILES string of the molecule is CCCCOc1cnc(-c2ccc(F)cc2)cn1. The Labute approximate surface area is 106 Å². The second kappa shape index (κ2) is 6.10. The highest BCUT2D eigenvalue weighted by Gasteiger charge is 2.01. The summed E-state index contributed by atoms with van der Waals surface area (Å²) in [5, 5.41) is 0. The molecule has 0 bridgehead atoms. The van der Waals surface area contributed by atoms with Crippen molar-refractivity contribution < 1.29 is 9.13 Å². The third kappa shape index (κ3) is 3.26. The van der Waals surface area contributed by atoms with Crippen molar-refractivity contribution in [3.05, 3.63) is 42.5 Å². The van der Waals surface area contributed by atoms with E-state index < -0.39 is 0 Å². The van der Waals surface area contributed by atoms with Gasteiger partial charge in [-0.3, -0.25) is 0 Å². The summed E-state index contributed by atoms with van der Waals surface area (Å²) in [7, 11) is 0. The number of hydrogen-bond donors (Lipinski definition) is 0. The van der Waals surface area contributed by atoms with E-state index in [-0.39, 0.29) is 5.82 Å². The van der Waals surface area contributed by atoms with Crippen LogP contribution in [0.3, 0.4) is 0 Å². The van der Waals surface area contributed by atoms with Crippen molar-refractivity contribution in [3.8, 4) is 17.1 Å². The summed E-state index contributed by atoms with van der Waals surface area (Å²) in [4.78, 5) is 8.42. The molecular formula is C14H15FN2O. The molecule has 1 aromatic heterocycles. The number of rotatable bonds is 5. The molecule has 0 aliphatic carbocycles. The summed E-state index contributed by atoms with van der Waals surface area (Å²) < 4.78 is 18.2. The first-order valence-electron chi connectivity index (χ1n) is 6.00. The van der Waals surface area contributed by atoms with E-state index in [1.54, 1.807) is 24.5 Å². The van der Waals surface area contributed by atoms with Gasteiger partial charge in [-0.05, 0) is 30.7 Å². The largest absolute Gasteiger partial charge is 0.477 e. The Morgan fingerprint density at radius 2 is 1.89 bits per heavy atom. The van der Waals surface area contributed by atoms with Gasteiger partial charge in [-0.25, -0.2) is 14.4 Å². The molecule has 0 fully saturated rings. The van der Waals surface area contributed by atoms with E-state index in [1.807, 2.05) is 0 Å². The number of unbranched alkanes of at least 4 members (excludes halogenated alkanes) is 1. The Morgan fingerprint density at radius 3 is 2.50 bits per heavy atom. The minimum atomic E-state index is -0.258. The lowest BCUT2D eigenvalue weighted by Crippen LogP contribution is -1.99. The highest BCUT2D eigenvalue weighted by atomic mass is 19.1. The van der Waals surface area contributed by atoms with Crippen molar-refractivity contribution in [1.29, 1.82) is 0 Å². The van der Waals surface area contributed by atoms with Crippen LogP contribution in [-0.4, -0.2) is 16.6 Å². The van der Waals surface area contributed by atoms with Crippen LogP contribution in [0.2, 0.25) is 0 Å². The predicted octanol–water partition coefficient (Wildman–Crippen LogP) is 3.46. The van der Waals surface area contributed by atoms with Crippen LogP contribution in [0, 0.1) is 5.82 Å². The maximum absolute atomic E-state index is 12.8. The molecule has 0 aliphatic rings. The fraction of sp³-hybridized carbons (Fsp3) is 0.286. The minimum Gasteiger partial charge on any atom is -0.477 e. The van der Waals surface area contributed by atoms with Crippen LogP contribution >= 0.6 is 0 Å². The smallest absolute Gasteiger partial charge is 0.232 e. The average molecular weight is 246 g/mol. The fourth-order valence-electron chi connectivity index (χ4n) is 1.48. The molecule has 1 heterocycles. The van der Waals surface area contributed by atoms with Crippen LogP contribution in [0.4, 0.5) is 4.39 Å². The van der Waals surface area contributed by atoms with Gasteiger partial charge in [0.25, 0.3) is 0 Å².